The van der Waals surface area contributed by atoms with Gasteiger partial charge in [0.15, 0.2) is 0 Å². The van der Waals surface area contributed by atoms with E-state index in [9.17, 15) is 13.2 Å². The molecule has 1 aromatic rings. The Morgan fingerprint density at radius 1 is 1.11 bits per heavy atom. The Morgan fingerprint density at radius 3 is 2.22 bits per heavy atom. The lowest BCUT2D eigenvalue weighted by atomic mass is 9.92. The van der Waals surface area contributed by atoms with Gasteiger partial charge in [0.05, 0.1) is 5.56 Å². The molecule has 1 N–H and O–H groups in total. The van der Waals surface area contributed by atoms with E-state index in [1.54, 1.807) is 6.07 Å². The van der Waals surface area contributed by atoms with Gasteiger partial charge in [-0.2, -0.15) is 13.2 Å². The largest absolute Gasteiger partial charge is 0.416 e. The Hall–Kier alpha value is -0.710. The maximum absolute atomic E-state index is 12.6. The van der Waals surface area contributed by atoms with Gasteiger partial charge in [-0.15, -0.1) is 0 Å². The molecule has 5 heteroatoms. The normalized spacial score (nSPS) is 12.6. The fraction of sp³-hybridized carbons (Fsp3) is 0.538. The first-order chi connectivity index (χ1) is 8.08. The van der Waals surface area contributed by atoms with E-state index >= 15 is 0 Å². The summed E-state index contributed by atoms with van der Waals surface area (Å²) >= 11 is 3.10. The summed E-state index contributed by atoms with van der Waals surface area (Å²) in [7, 11) is 0. The number of hydrogen-bond donors (Lipinski definition) is 1. The summed E-state index contributed by atoms with van der Waals surface area (Å²) < 4.78 is 38.3. The molecule has 0 aromatic heterocycles. The molecule has 0 spiro atoms. The molecule has 0 aliphatic rings. The third-order valence-corrected chi connectivity index (χ3v) is 2.89. The monoisotopic (exact) mass is 323 g/mol. The average molecular weight is 324 g/mol. The van der Waals surface area contributed by atoms with Crippen molar-refractivity contribution in [1.29, 1.82) is 0 Å². The molecule has 0 bridgehead atoms. The molecule has 0 amide bonds. The highest BCUT2D eigenvalue weighted by atomic mass is 79.9. The second-order valence-corrected chi connectivity index (χ2v) is 6.38. The van der Waals surface area contributed by atoms with Crippen molar-refractivity contribution < 1.29 is 13.2 Å². The van der Waals surface area contributed by atoms with E-state index in [1.807, 2.05) is 0 Å². The Bertz CT molecular complexity index is 408. The number of rotatable bonds is 3. The summed E-state index contributed by atoms with van der Waals surface area (Å²) in [5.41, 5.74) is 0.00220. The Kier molecular flexibility index (Phi) is 4.70. The van der Waals surface area contributed by atoms with Crippen LogP contribution in [0, 0.1) is 5.41 Å². The quantitative estimate of drug-likeness (QED) is 0.794. The highest BCUT2D eigenvalue weighted by Gasteiger charge is 2.31. The van der Waals surface area contributed by atoms with E-state index in [4.69, 9.17) is 0 Å². The molecule has 0 aliphatic carbocycles. The van der Waals surface area contributed by atoms with Crippen LogP contribution in [0.2, 0.25) is 0 Å². The SMILES string of the molecule is CC(C)(C)CCNc1cc(Br)cc(C(F)(F)F)c1. The number of alkyl halides is 3. The zero-order chi connectivity index (χ0) is 14.0. The minimum atomic E-state index is -4.32. The number of hydrogen-bond acceptors (Lipinski definition) is 1. The topological polar surface area (TPSA) is 12.0 Å². The molecule has 0 fully saturated rings. The van der Waals surface area contributed by atoms with Crippen LogP contribution < -0.4 is 5.32 Å². The van der Waals surface area contributed by atoms with Crippen LogP contribution in [0.5, 0.6) is 0 Å². The van der Waals surface area contributed by atoms with E-state index in [-0.39, 0.29) is 5.41 Å². The van der Waals surface area contributed by atoms with Crippen molar-refractivity contribution in [2.24, 2.45) is 5.41 Å². The van der Waals surface area contributed by atoms with Crippen molar-refractivity contribution in [2.45, 2.75) is 33.4 Å². The van der Waals surface area contributed by atoms with Crippen LogP contribution in [-0.4, -0.2) is 6.54 Å². The van der Waals surface area contributed by atoms with Crippen LogP contribution in [0.4, 0.5) is 18.9 Å². The molecule has 1 aromatic carbocycles. The lowest BCUT2D eigenvalue weighted by Gasteiger charge is -2.19. The predicted molar refractivity (Wildman–Crippen MR) is 71.7 cm³/mol. The molecule has 0 saturated heterocycles. The molecular formula is C13H17BrF3N. The summed E-state index contributed by atoms with van der Waals surface area (Å²) in [6, 6.07) is 3.86. The first-order valence-electron chi connectivity index (χ1n) is 5.70. The lowest BCUT2D eigenvalue weighted by Crippen LogP contribution is -2.13. The van der Waals surface area contributed by atoms with Gasteiger partial charge in [-0.3, -0.25) is 0 Å². The van der Waals surface area contributed by atoms with Crippen molar-refractivity contribution in [1.82, 2.24) is 0 Å². The van der Waals surface area contributed by atoms with Gasteiger partial charge in [0.1, 0.15) is 0 Å². The second kappa shape index (κ2) is 5.51. The van der Waals surface area contributed by atoms with Gasteiger partial charge in [-0.25, -0.2) is 0 Å². The average Bonchev–Trinajstić information content (AvgIpc) is 2.13. The summed E-state index contributed by atoms with van der Waals surface area (Å²) in [5.74, 6) is 0. The van der Waals surface area contributed by atoms with Gasteiger partial charge in [0, 0.05) is 16.7 Å². The minimum absolute atomic E-state index is 0.159. The van der Waals surface area contributed by atoms with Crippen molar-refractivity contribution in [3.8, 4) is 0 Å². The van der Waals surface area contributed by atoms with E-state index in [2.05, 4.69) is 42.0 Å². The molecule has 0 saturated carbocycles. The maximum atomic E-state index is 12.6. The fourth-order valence-electron chi connectivity index (χ4n) is 1.44. The second-order valence-electron chi connectivity index (χ2n) is 5.46. The van der Waals surface area contributed by atoms with Gasteiger partial charge in [0.25, 0.3) is 0 Å². The molecular weight excluding hydrogens is 307 g/mol. The van der Waals surface area contributed by atoms with Crippen molar-refractivity contribution in [2.75, 3.05) is 11.9 Å². The van der Waals surface area contributed by atoms with E-state index in [0.29, 0.717) is 16.7 Å². The molecule has 0 aliphatic heterocycles. The Balaban J connectivity index is 2.75. The van der Waals surface area contributed by atoms with E-state index in [1.165, 1.54) is 0 Å². The summed E-state index contributed by atoms with van der Waals surface area (Å²) in [5, 5.41) is 3.02. The Labute approximate surface area is 114 Å². The minimum Gasteiger partial charge on any atom is -0.385 e. The smallest absolute Gasteiger partial charge is 0.385 e. The van der Waals surface area contributed by atoms with Crippen LogP contribution in [0.1, 0.15) is 32.8 Å². The molecule has 0 radical (unpaired) electrons. The van der Waals surface area contributed by atoms with E-state index in [0.717, 1.165) is 18.6 Å². The highest BCUT2D eigenvalue weighted by molar-refractivity contribution is 9.10. The fourth-order valence-corrected chi connectivity index (χ4v) is 1.93. The van der Waals surface area contributed by atoms with Gasteiger partial charge in [-0.1, -0.05) is 36.7 Å². The first-order valence-corrected chi connectivity index (χ1v) is 6.49. The number of nitrogens with one attached hydrogen (secondary N) is 1. The van der Waals surface area contributed by atoms with Crippen LogP contribution >= 0.6 is 15.9 Å². The van der Waals surface area contributed by atoms with Crippen molar-refractivity contribution in [3.05, 3.63) is 28.2 Å². The number of anilines is 1. The summed E-state index contributed by atoms with van der Waals surface area (Å²) in [4.78, 5) is 0. The van der Waals surface area contributed by atoms with Crippen molar-refractivity contribution in [3.63, 3.8) is 0 Å². The third kappa shape index (κ3) is 5.29. The van der Waals surface area contributed by atoms with Crippen LogP contribution in [0.25, 0.3) is 0 Å². The molecule has 102 valence electrons. The molecule has 1 nitrogen and oxygen atoms in total. The zero-order valence-electron chi connectivity index (χ0n) is 10.7. The third-order valence-electron chi connectivity index (χ3n) is 2.43. The van der Waals surface area contributed by atoms with Crippen LogP contribution in [-0.2, 0) is 6.18 Å². The molecule has 18 heavy (non-hydrogen) atoms. The van der Waals surface area contributed by atoms with Crippen LogP contribution in [0.3, 0.4) is 0 Å². The maximum Gasteiger partial charge on any atom is 0.416 e. The predicted octanol–water partition coefficient (Wildman–Crippen LogP) is 5.32. The highest BCUT2D eigenvalue weighted by Crippen LogP contribution is 2.33. The van der Waals surface area contributed by atoms with Gasteiger partial charge < -0.3 is 5.32 Å². The Morgan fingerprint density at radius 2 is 1.72 bits per heavy atom. The number of halogens is 4. The molecule has 0 atom stereocenters. The van der Waals surface area contributed by atoms with Crippen LogP contribution in [0.15, 0.2) is 22.7 Å². The molecule has 0 heterocycles. The lowest BCUT2D eigenvalue weighted by molar-refractivity contribution is -0.137. The van der Waals surface area contributed by atoms with E-state index < -0.39 is 11.7 Å². The summed E-state index contributed by atoms with van der Waals surface area (Å²) in [6.45, 7) is 6.93. The molecule has 1 rings (SSSR count). The van der Waals surface area contributed by atoms with Gasteiger partial charge >= 0.3 is 6.18 Å². The van der Waals surface area contributed by atoms with Gasteiger partial charge in [-0.05, 0) is 30.0 Å². The van der Waals surface area contributed by atoms with Gasteiger partial charge in [0.2, 0.25) is 0 Å². The number of benzene rings is 1. The summed E-state index contributed by atoms with van der Waals surface area (Å²) in [6.07, 6.45) is -3.43. The molecule has 0 unspecified atom stereocenters. The van der Waals surface area contributed by atoms with Crippen molar-refractivity contribution >= 4 is 21.6 Å². The standard InChI is InChI=1S/C13H17BrF3N/c1-12(2,3)4-5-18-11-7-9(13(15,16)17)6-10(14)8-11/h6-8,18H,4-5H2,1-3H3. The zero-order valence-corrected chi connectivity index (χ0v) is 12.2. The first kappa shape index (κ1) is 15.3.